The largest absolute Gasteiger partial charge is 0.506 e. The summed E-state index contributed by atoms with van der Waals surface area (Å²) in [6.45, 7) is 4.00. The second kappa shape index (κ2) is 12.2. The Morgan fingerprint density at radius 3 is 1.62 bits per heavy atom. The number of fused-ring (bicyclic) bond motifs is 3. The minimum atomic E-state index is -0.533. The monoisotopic (exact) mass is 1070 g/mol. The fourth-order valence-electron chi connectivity index (χ4n) is 4.68. The normalized spacial score (nSPS) is 14.0. The van der Waals surface area contributed by atoms with Gasteiger partial charge in [-0.25, -0.2) is 9.88 Å². The van der Waals surface area contributed by atoms with E-state index < -0.39 is 17.6 Å². The van der Waals surface area contributed by atoms with Gasteiger partial charge in [-0.15, -0.1) is 0 Å². The molecule has 0 radical (unpaired) electrons. The second-order valence-electron chi connectivity index (χ2n) is 8.56. The number of hydrogen-bond acceptors (Lipinski definition) is 5. The van der Waals surface area contributed by atoms with E-state index in [4.69, 9.17) is 4.98 Å². The fraction of sp³-hybridized carbons (Fsp3) is 0.0714. The van der Waals surface area contributed by atoms with E-state index in [1.165, 1.54) is 0 Å². The number of rotatable bonds is 2. The SMILES string of the molecule is CC.O=C1C(c2ccc3cccc(N4C(=O)c5c(Br)c(Br)c(Br)c(Br)c5C4=O)c3n2)=C(O)c2c(Br)c(Br)c(Br)c(Br)c21. The van der Waals surface area contributed by atoms with Gasteiger partial charge >= 0.3 is 0 Å². The van der Waals surface area contributed by atoms with E-state index in [9.17, 15) is 19.5 Å². The van der Waals surface area contributed by atoms with Gasteiger partial charge in [-0.3, -0.25) is 14.4 Å². The third-order valence-corrected chi connectivity index (χ3v) is 16.0. The van der Waals surface area contributed by atoms with Gasteiger partial charge in [0.25, 0.3) is 11.8 Å². The molecule has 0 saturated carbocycles. The molecule has 6 rings (SSSR count). The van der Waals surface area contributed by atoms with Gasteiger partial charge in [-0.1, -0.05) is 32.0 Å². The van der Waals surface area contributed by atoms with Crippen LogP contribution in [0.25, 0.3) is 22.2 Å². The van der Waals surface area contributed by atoms with Crippen LogP contribution in [0.15, 0.2) is 66.1 Å². The van der Waals surface area contributed by atoms with Crippen molar-refractivity contribution in [2.45, 2.75) is 13.8 Å². The Kier molecular flexibility index (Phi) is 9.50. The third-order valence-electron chi connectivity index (χ3n) is 6.49. The highest BCUT2D eigenvalue weighted by Crippen LogP contribution is 2.50. The Bertz CT molecular complexity index is 1930. The molecule has 3 aromatic carbocycles. The number of carbonyl (C=O) groups excluding carboxylic acids is 3. The van der Waals surface area contributed by atoms with Crippen LogP contribution in [0.3, 0.4) is 0 Å². The van der Waals surface area contributed by atoms with Gasteiger partial charge in [-0.2, -0.15) is 0 Å². The number of pyridine rings is 1. The van der Waals surface area contributed by atoms with E-state index in [2.05, 4.69) is 127 Å². The van der Waals surface area contributed by atoms with Crippen LogP contribution in [0.1, 0.15) is 56.2 Å². The molecule has 214 valence electrons. The number of aliphatic hydroxyl groups is 1. The fourth-order valence-corrected chi connectivity index (χ4v) is 9.62. The van der Waals surface area contributed by atoms with Crippen molar-refractivity contribution in [3.8, 4) is 0 Å². The first-order valence-electron chi connectivity index (χ1n) is 11.9. The number of hydrogen-bond donors (Lipinski definition) is 1. The summed E-state index contributed by atoms with van der Waals surface area (Å²) in [4.78, 5) is 46.8. The predicted octanol–water partition coefficient (Wildman–Crippen LogP) is 11.8. The van der Waals surface area contributed by atoms with Crippen molar-refractivity contribution in [1.82, 2.24) is 4.98 Å². The number of imide groups is 1. The molecular formula is C28H12Br8N2O4. The van der Waals surface area contributed by atoms with Gasteiger partial charge in [0.15, 0.2) is 0 Å². The molecule has 0 unspecified atom stereocenters. The molecule has 0 atom stereocenters. The number of nitrogens with zero attached hydrogens (tertiary/aromatic N) is 2. The molecule has 42 heavy (non-hydrogen) atoms. The van der Waals surface area contributed by atoms with Crippen LogP contribution < -0.4 is 4.90 Å². The van der Waals surface area contributed by atoms with Crippen molar-refractivity contribution in [3.05, 3.63) is 94.1 Å². The average molecular weight is 1080 g/mol. The van der Waals surface area contributed by atoms with Gasteiger partial charge in [0.05, 0.1) is 39.2 Å². The molecule has 1 aromatic heterocycles. The molecule has 0 spiro atoms. The smallest absolute Gasteiger partial charge is 0.267 e. The molecule has 14 heteroatoms. The van der Waals surface area contributed by atoms with Crippen molar-refractivity contribution < 1.29 is 19.5 Å². The van der Waals surface area contributed by atoms with E-state index in [1.807, 2.05) is 13.8 Å². The van der Waals surface area contributed by atoms with E-state index in [0.717, 1.165) is 4.90 Å². The molecule has 0 fully saturated rings. The number of allylic oxidation sites excluding steroid dienone is 1. The molecule has 4 aromatic rings. The highest BCUT2D eigenvalue weighted by molar-refractivity contribution is 9.15. The van der Waals surface area contributed by atoms with Gasteiger partial charge in [0, 0.05) is 46.7 Å². The number of amides is 2. The number of carbonyl (C=O) groups is 3. The highest BCUT2D eigenvalue weighted by atomic mass is 79.9. The summed E-state index contributed by atoms with van der Waals surface area (Å²) in [5.74, 6) is -1.74. The van der Waals surface area contributed by atoms with Gasteiger partial charge < -0.3 is 5.11 Å². The molecule has 2 amide bonds. The van der Waals surface area contributed by atoms with Gasteiger partial charge in [0.1, 0.15) is 5.76 Å². The molecule has 2 heterocycles. The first kappa shape index (κ1) is 32.6. The number of benzene rings is 3. The highest BCUT2D eigenvalue weighted by Gasteiger charge is 2.43. The Morgan fingerprint density at radius 1 is 0.619 bits per heavy atom. The molecule has 2 aliphatic rings. The van der Waals surface area contributed by atoms with E-state index in [-0.39, 0.29) is 39.4 Å². The summed E-state index contributed by atoms with van der Waals surface area (Å²) in [6, 6.07) is 8.47. The maximum absolute atomic E-state index is 13.7. The first-order valence-corrected chi connectivity index (χ1v) is 18.2. The van der Waals surface area contributed by atoms with Crippen molar-refractivity contribution in [2.75, 3.05) is 4.90 Å². The molecule has 0 saturated heterocycles. The van der Waals surface area contributed by atoms with E-state index in [1.54, 1.807) is 30.3 Å². The second-order valence-corrected chi connectivity index (χ2v) is 14.9. The summed E-state index contributed by atoms with van der Waals surface area (Å²) in [5, 5.41) is 11.9. The van der Waals surface area contributed by atoms with E-state index in [0.29, 0.717) is 52.2 Å². The van der Waals surface area contributed by atoms with E-state index >= 15 is 0 Å². The van der Waals surface area contributed by atoms with Crippen LogP contribution in [0.4, 0.5) is 5.69 Å². The number of ketones is 1. The Balaban J connectivity index is 0.00000173. The average Bonchev–Trinajstić information content (AvgIpc) is 3.41. The third kappa shape index (κ3) is 4.73. The molecular weight excluding hydrogens is 1070 g/mol. The lowest BCUT2D eigenvalue weighted by molar-refractivity contribution is 0.0925. The zero-order valence-corrected chi connectivity index (χ0v) is 33.7. The number of aromatic nitrogens is 1. The van der Waals surface area contributed by atoms with Crippen LogP contribution in [-0.2, 0) is 0 Å². The van der Waals surface area contributed by atoms with Crippen molar-refractivity contribution in [1.29, 1.82) is 0 Å². The van der Waals surface area contributed by atoms with Crippen LogP contribution in [0.2, 0.25) is 0 Å². The Labute approximate surface area is 306 Å². The lowest BCUT2D eigenvalue weighted by atomic mass is 10.0. The minimum Gasteiger partial charge on any atom is -0.506 e. The van der Waals surface area contributed by atoms with Crippen molar-refractivity contribution in [2.24, 2.45) is 0 Å². The molecule has 1 N–H and O–H groups in total. The van der Waals surface area contributed by atoms with Crippen LogP contribution in [-0.4, -0.2) is 27.7 Å². The summed E-state index contributed by atoms with van der Waals surface area (Å²) in [7, 11) is 0. The summed E-state index contributed by atoms with van der Waals surface area (Å²) in [6.07, 6.45) is 0. The Morgan fingerprint density at radius 2 is 1.10 bits per heavy atom. The molecule has 1 aliphatic carbocycles. The van der Waals surface area contributed by atoms with Crippen LogP contribution >= 0.6 is 127 Å². The minimum absolute atomic E-state index is 0.00110. The summed E-state index contributed by atoms with van der Waals surface area (Å²) in [5.41, 5.74) is 1.74. The number of aliphatic hydroxyl groups excluding tert-OH is 1. The maximum atomic E-state index is 13.7. The van der Waals surface area contributed by atoms with Crippen LogP contribution in [0.5, 0.6) is 0 Å². The quantitative estimate of drug-likeness (QED) is 0.123. The maximum Gasteiger partial charge on any atom is 0.267 e. The lowest BCUT2D eigenvalue weighted by Gasteiger charge is -2.16. The van der Waals surface area contributed by atoms with Crippen molar-refractivity contribution >= 4 is 173 Å². The molecule has 0 bridgehead atoms. The first-order chi connectivity index (χ1) is 19.9. The topological polar surface area (TPSA) is 87.6 Å². The number of Topliss-reactive ketones (excluding diaryl/α,β-unsaturated/α-hetero) is 1. The summed E-state index contributed by atoms with van der Waals surface area (Å²) < 4.78 is 4.23. The molecule has 6 nitrogen and oxygen atoms in total. The van der Waals surface area contributed by atoms with Crippen molar-refractivity contribution in [3.63, 3.8) is 0 Å². The number of anilines is 1. The zero-order chi connectivity index (χ0) is 30.9. The van der Waals surface area contributed by atoms with Gasteiger partial charge in [0.2, 0.25) is 5.78 Å². The molecule has 1 aliphatic heterocycles. The van der Waals surface area contributed by atoms with Gasteiger partial charge in [-0.05, 0) is 140 Å². The number of para-hydroxylation sites is 1. The lowest BCUT2D eigenvalue weighted by Crippen LogP contribution is -2.29. The number of halogens is 8. The summed E-state index contributed by atoms with van der Waals surface area (Å²) >= 11 is 27.6. The van der Waals surface area contributed by atoms with Crippen LogP contribution in [0, 0.1) is 0 Å². The standard InChI is InChI=1S/C26H6Br8N2O4.C2H6/c27-14-10-11(15(28)19(32)18(14)31)24(38)9(23(10)37)7-5-4-6-2-1-3-8(22(6)35-7)36-25(39)12-13(26(36)40)17(30)21(34)20(33)16(12)29;1-2/h1-5,37H;1-2H3. The Hall–Kier alpha value is -0.740. The zero-order valence-electron chi connectivity index (χ0n) is 21.0. The predicted molar refractivity (Wildman–Crippen MR) is 192 cm³/mol.